The maximum atomic E-state index is 11.2. The van der Waals surface area contributed by atoms with Gasteiger partial charge in [-0.05, 0) is 38.5 Å². The molecule has 0 unspecified atom stereocenters. The molecule has 4 nitrogen and oxygen atoms in total. The Morgan fingerprint density at radius 3 is 2.80 bits per heavy atom. The average Bonchev–Trinajstić information content (AvgIpc) is 3.00. The maximum absolute atomic E-state index is 11.2. The molecule has 0 atom stereocenters. The minimum absolute atomic E-state index is 0.203. The molecule has 0 fully saturated rings. The number of aromatic nitrogens is 2. The molecule has 3 aromatic rings. The van der Waals surface area contributed by atoms with Crippen molar-refractivity contribution in [2.45, 2.75) is 26.8 Å². The van der Waals surface area contributed by atoms with Gasteiger partial charge in [-0.1, -0.05) is 12.1 Å². The molecule has 2 aromatic heterocycles. The molecule has 0 aliphatic carbocycles. The number of aryl methyl sites for hydroxylation is 1. The van der Waals surface area contributed by atoms with Crippen molar-refractivity contribution in [2.24, 2.45) is 0 Å². The number of hydrogen-bond donors (Lipinski definition) is 0. The first-order chi connectivity index (χ1) is 9.58. The fourth-order valence-electron chi connectivity index (χ4n) is 2.20. The van der Waals surface area contributed by atoms with Crippen LogP contribution >= 0.6 is 0 Å². The molecule has 0 bridgehead atoms. The predicted molar refractivity (Wildman–Crippen MR) is 77.9 cm³/mol. The van der Waals surface area contributed by atoms with Crippen molar-refractivity contribution in [3.63, 3.8) is 0 Å². The highest BCUT2D eigenvalue weighted by Gasteiger charge is 2.16. The zero-order chi connectivity index (χ0) is 14.3. The van der Waals surface area contributed by atoms with E-state index in [1.807, 2.05) is 45.0 Å². The van der Waals surface area contributed by atoms with Crippen LogP contribution in [-0.2, 0) is 0 Å². The highest BCUT2D eigenvalue weighted by atomic mass is 16.3. The highest BCUT2D eigenvalue weighted by Crippen LogP contribution is 2.29. The van der Waals surface area contributed by atoms with E-state index in [0.717, 1.165) is 22.8 Å². The van der Waals surface area contributed by atoms with Gasteiger partial charge in [-0.15, -0.1) is 0 Å². The molecular weight excluding hydrogens is 252 g/mol. The second kappa shape index (κ2) is 4.63. The molecular formula is C16H16N2O2. The van der Waals surface area contributed by atoms with Gasteiger partial charge < -0.3 is 4.42 Å². The van der Waals surface area contributed by atoms with Crippen LogP contribution in [-0.4, -0.2) is 16.1 Å². The summed E-state index contributed by atoms with van der Waals surface area (Å²) in [6.07, 6.45) is 2.57. The second-order valence-electron chi connectivity index (χ2n) is 5.28. The van der Waals surface area contributed by atoms with E-state index in [4.69, 9.17) is 4.42 Å². The summed E-state index contributed by atoms with van der Waals surface area (Å²) in [5.41, 5.74) is 3.11. The SMILES string of the molecule is Cc1ccc2cc(-c3nn(C(C)C)cc3C=O)oc2c1. The fraction of sp³-hybridized carbons (Fsp3) is 0.250. The molecule has 0 amide bonds. The van der Waals surface area contributed by atoms with Gasteiger partial charge >= 0.3 is 0 Å². The molecule has 102 valence electrons. The molecule has 3 rings (SSSR count). The lowest BCUT2D eigenvalue weighted by atomic mass is 10.2. The van der Waals surface area contributed by atoms with Crippen LogP contribution in [0.15, 0.2) is 34.9 Å². The molecule has 0 saturated carbocycles. The van der Waals surface area contributed by atoms with Gasteiger partial charge in [0.05, 0.1) is 5.56 Å². The Balaban J connectivity index is 2.16. The van der Waals surface area contributed by atoms with Gasteiger partial charge in [0.2, 0.25) is 0 Å². The Bertz CT molecular complexity index is 781. The Morgan fingerprint density at radius 1 is 1.30 bits per heavy atom. The van der Waals surface area contributed by atoms with Gasteiger partial charge in [-0.3, -0.25) is 9.48 Å². The van der Waals surface area contributed by atoms with Crippen molar-refractivity contribution in [2.75, 3.05) is 0 Å². The second-order valence-corrected chi connectivity index (χ2v) is 5.28. The summed E-state index contributed by atoms with van der Waals surface area (Å²) in [4.78, 5) is 11.2. The topological polar surface area (TPSA) is 48.0 Å². The number of carbonyl (C=O) groups is 1. The van der Waals surface area contributed by atoms with E-state index < -0.39 is 0 Å². The number of nitrogens with zero attached hydrogens (tertiary/aromatic N) is 2. The Kier molecular flexibility index (Phi) is 2.93. The van der Waals surface area contributed by atoms with E-state index in [0.29, 0.717) is 17.0 Å². The summed E-state index contributed by atoms with van der Waals surface area (Å²) < 4.78 is 7.61. The van der Waals surface area contributed by atoms with Crippen molar-refractivity contribution in [3.05, 3.63) is 41.6 Å². The number of aldehydes is 1. The molecule has 0 aliphatic heterocycles. The lowest BCUT2D eigenvalue weighted by Crippen LogP contribution is -2.00. The molecule has 1 aromatic carbocycles. The summed E-state index contributed by atoms with van der Waals surface area (Å²) in [5, 5.41) is 5.48. The third-order valence-corrected chi connectivity index (χ3v) is 3.33. The lowest BCUT2D eigenvalue weighted by molar-refractivity contribution is 0.112. The maximum Gasteiger partial charge on any atom is 0.156 e. The monoisotopic (exact) mass is 268 g/mol. The van der Waals surface area contributed by atoms with E-state index in [2.05, 4.69) is 5.10 Å². The number of fused-ring (bicyclic) bond motifs is 1. The lowest BCUT2D eigenvalue weighted by Gasteiger charge is -2.02. The minimum atomic E-state index is 0.203. The summed E-state index contributed by atoms with van der Waals surface area (Å²) in [5.74, 6) is 0.632. The van der Waals surface area contributed by atoms with Crippen LogP contribution in [0.4, 0.5) is 0 Å². The molecule has 20 heavy (non-hydrogen) atoms. The van der Waals surface area contributed by atoms with Crippen LogP contribution in [0.2, 0.25) is 0 Å². The van der Waals surface area contributed by atoms with Crippen molar-refractivity contribution in [1.29, 1.82) is 0 Å². The number of hydrogen-bond acceptors (Lipinski definition) is 3. The minimum Gasteiger partial charge on any atom is -0.454 e. The van der Waals surface area contributed by atoms with E-state index in [1.165, 1.54) is 0 Å². The third-order valence-electron chi connectivity index (χ3n) is 3.33. The van der Waals surface area contributed by atoms with Crippen LogP contribution in [0.25, 0.3) is 22.4 Å². The van der Waals surface area contributed by atoms with Crippen LogP contribution in [0.5, 0.6) is 0 Å². The van der Waals surface area contributed by atoms with Gasteiger partial charge in [-0.2, -0.15) is 5.10 Å². The van der Waals surface area contributed by atoms with Gasteiger partial charge in [-0.25, -0.2) is 0 Å². The average molecular weight is 268 g/mol. The molecule has 0 saturated heterocycles. The normalized spacial score (nSPS) is 11.4. The summed E-state index contributed by atoms with van der Waals surface area (Å²) >= 11 is 0. The Labute approximate surface area is 117 Å². The quantitative estimate of drug-likeness (QED) is 0.674. The summed E-state index contributed by atoms with van der Waals surface area (Å²) in [7, 11) is 0. The molecule has 2 heterocycles. The number of benzene rings is 1. The van der Waals surface area contributed by atoms with E-state index in [1.54, 1.807) is 10.9 Å². The molecule has 0 aliphatic rings. The Hall–Kier alpha value is -2.36. The van der Waals surface area contributed by atoms with Gasteiger partial charge in [0, 0.05) is 17.6 Å². The first-order valence-corrected chi connectivity index (χ1v) is 6.63. The van der Waals surface area contributed by atoms with Crippen LogP contribution in [0.1, 0.15) is 35.8 Å². The van der Waals surface area contributed by atoms with Crippen LogP contribution < -0.4 is 0 Å². The van der Waals surface area contributed by atoms with Gasteiger partial charge in [0.25, 0.3) is 0 Å². The molecule has 0 N–H and O–H groups in total. The van der Waals surface area contributed by atoms with Crippen molar-refractivity contribution in [3.8, 4) is 11.5 Å². The summed E-state index contributed by atoms with van der Waals surface area (Å²) in [6.45, 7) is 6.06. The number of rotatable bonds is 3. The van der Waals surface area contributed by atoms with Crippen molar-refractivity contribution in [1.82, 2.24) is 9.78 Å². The fourth-order valence-corrected chi connectivity index (χ4v) is 2.20. The van der Waals surface area contributed by atoms with E-state index >= 15 is 0 Å². The van der Waals surface area contributed by atoms with Gasteiger partial charge in [0.1, 0.15) is 11.3 Å². The van der Waals surface area contributed by atoms with Crippen molar-refractivity contribution >= 4 is 17.3 Å². The number of carbonyl (C=O) groups excluding carboxylic acids is 1. The van der Waals surface area contributed by atoms with Crippen molar-refractivity contribution < 1.29 is 9.21 Å². The highest BCUT2D eigenvalue weighted by molar-refractivity contribution is 5.88. The van der Waals surface area contributed by atoms with E-state index in [-0.39, 0.29) is 6.04 Å². The largest absolute Gasteiger partial charge is 0.454 e. The first-order valence-electron chi connectivity index (χ1n) is 6.63. The van der Waals surface area contributed by atoms with Gasteiger partial charge in [0.15, 0.2) is 12.0 Å². The molecule has 4 heteroatoms. The van der Waals surface area contributed by atoms with Crippen LogP contribution in [0.3, 0.4) is 0 Å². The first kappa shape index (κ1) is 12.7. The van der Waals surface area contributed by atoms with Crippen LogP contribution in [0, 0.1) is 6.92 Å². The Morgan fingerprint density at radius 2 is 2.10 bits per heavy atom. The van der Waals surface area contributed by atoms with E-state index in [9.17, 15) is 4.79 Å². The number of furan rings is 1. The zero-order valence-electron chi connectivity index (χ0n) is 11.8. The zero-order valence-corrected chi connectivity index (χ0v) is 11.8. The third kappa shape index (κ3) is 2.03. The smallest absolute Gasteiger partial charge is 0.156 e. The standard InChI is InChI=1S/C16H16N2O2/c1-10(2)18-8-13(9-19)16(17-18)15-7-12-5-4-11(3)6-14(12)20-15/h4-10H,1-3H3. The summed E-state index contributed by atoms with van der Waals surface area (Å²) in [6, 6.07) is 8.16. The molecule has 0 spiro atoms. The molecule has 0 radical (unpaired) electrons. The predicted octanol–water partition coefficient (Wildman–Crippen LogP) is 4.00.